The zero-order valence-corrected chi connectivity index (χ0v) is 11.3. The van der Waals surface area contributed by atoms with Crippen LogP contribution in [0.3, 0.4) is 0 Å². The fourth-order valence-corrected chi connectivity index (χ4v) is 2.20. The molecule has 0 atom stereocenters. The summed E-state index contributed by atoms with van der Waals surface area (Å²) in [6.07, 6.45) is 1.15. The highest BCUT2D eigenvalue weighted by Crippen LogP contribution is 2.22. The third-order valence-corrected chi connectivity index (χ3v) is 3.18. The van der Waals surface area contributed by atoms with Crippen molar-refractivity contribution in [2.75, 3.05) is 11.1 Å². The maximum Gasteiger partial charge on any atom is 0.200 e. The third kappa shape index (κ3) is 5.55. The lowest BCUT2D eigenvalue weighted by Gasteiger charge is -2.06. The molecule has 0 bridgehead atoms. The van der Waals surface area contributed by atoms with Crippen LogP contribution in [0.5, 0.6) is 0 Å². The molecule has 0 heterocycles. The summed E-state index contributed by atoms with van der Waals surface area (Å²) in [5.41, 5.74) is 11.4. The minimum absolute atomic E-state index is 0.0426. The minimum Gasteiger partial charge on any atom is -0.370 e. The van der Waals surface area contributed by atoms with E-state index in [-0.39, 0.29) is 11.1 Å². The van der Waals surface area contributed by atoms with Crippen LogP contribution in [0, 0.1) is 0 Å². The molecule has 0 aliphatic carbocycles. The summed E-state index contributed by atoms with van der Waals surface area (Å²) in [5.74, 6) is 1.06. The van der Waals surface area contributed by atoms with Crippen LogP contribution < -0.4 is 16.8 Å². The van der Waals surface area contributed by atoms with Gasteiger partial charge in [0.2, 0.25) is 5.11 Å². The molecular weight excluding hydrogens is 252 g/mol. The van der Waals surface area contributed by atoms with E-state index in [4.69, 9.17) is 23.7 Å². The number of benzene rings is 1. The van der Waals surface area contributed by atoms with Gasteiger partial charge in [-0.15, -0.1) is 11.8 Å². The Morgan fingerprint density at radius 3 is 2.88 bits per heavy atom. The zero-order chi connectivity index (χ0) is 12.7. The fraction of sp³-hybridized carbons (Fsp3) is 0.273. The van der Waals surface area contributed by atoms with Gasteiger partial charge in [0.15, 0.2) is 5.96 Å². The summed E-state index contributed by atoms with van der Waals surface area (Å²) in [6, 6.07) is 7.98. The van der Waals surface area contributed by atoms with Crippen LogP contribution in [0.2, 0.25) is 0 Å². The van der Waals surface area contributed by atoms with Crippen LogP contribution in [-0.4, -0.2) is 16.8 Å². The van der Waals surface area contributed by atoms with Crippen molar-refractivity contribution >= 4 is 40.7 Å². The Bertz CT molecular complexity index is 414. The van der Waals surface area contributed by atoms with Crippen molar-refractivity contribution in [3.8, 4) is 0 Å². The number of anilines is 1. The topological polar surface area (TPSA) is 76.4 Å². The summed E-state index contributed by atoms with van der Waals surface area (Å²) in [6.45, 7) is 2.16. The molecule has 0 saturated carbocycles. The number of rotatable bonds is 4. The van der Waals surface area contributed by atoms with Crippen LogP contribution in [0.4, 0.5) is 5.69 Å². The number of hydrogen-bond acceptors (Lipinski definition) is 2. The molecule has 1 rings (SSSR count). The molecule has 92 valence electrons. The number of thiocarbonyl (C=S) groups is 1. The summed E-state index contributed by atoms with van der Waals surface area (Å²) in [7, 11) is 0. The first kappa shape index (κ1) is 13.8. The van der Waals surface area contributed by atoms with E-state index < -0.39 is 0 Å². The van der Waals surface area contributed by atoms with Crippen molar-refractivity contribution in [3.05, 3.63) is 24.3 Å². The minimum atomic E-state index is -0.0426. The van der Waals surface area contributed by atoms with Gasteiger partial charge < -0.3 is 16.8 Å². The van der Waals surface area contributed by atoms with Gasteiger partial charge in [-0.25, -0.2) is 0 Å². The molecule has 0 radical (unpaired) electrons. The molecule has 1 aromatic rings. The van der Waals surface area contributed by atoms with Gasteiger partial charge in [0.25, 0.3) is 0 Å². The third-order valence-electron chi connectivity index (χ3n) is 1.79. The van der Waals surface area contributed by atoms with E-state index >= 15 is 0 Å². The van der Waals surface area contributed by atoms with Crippen molar-refractivity contribution in [3.63, 3.8) is 0 Å². The quantitative estimate of drug-likeness (QED) is 0.338. The van der Waals surface area contributed by atoms with Crippen molar-refractivity contribution < 1.29 is 0 Å². The molecule has 0 fully saturated rings. The van der Waals surface area contributed by atoms with Crippen LogP contribution in [0.25, 0.3) is 0 Å². The summed E-state index contributed by atoms with van der Waals surface area (Å²) in [5, 5.41) is 3.23. The van der Waals surface area contributed by atoms with Crippen LogP contribution in [0.15, 0.2) is 34.2 Å². The van der Waals surface area contributed by atoms with Gasteiger partial charge in [0, 0.05) is 10.6 Å². The zero-order valence-electron chi connectivity index (χ0n) is 9.64. The van der Waals surface area contributed by atoms with Gasteiger partial charge in [-0.2, -0.15) is 4.99 Å². The van der Waals surface area contributed by atoms with Crippen LogP contribution >= 0.6 is 24.0 Å². The predicted octanol–water partition coefficient (Wildman–Crippen LogP) is 2.16. The number of nitrogens with zero attached hydrogens (tertiary/aromatic N) is 1. The number of thioether (sulfide) groups is 1. The lowest BCUT2D eigenvalue weighted by Crippen LogP contribution is -2.25. The molecule has 0 spiro atoms. The number of nitrogens with two attached hydrogens (primary N) is 2. The second-order valence-corrected chi connectivity index (χ2v) is 4.90. The molecule has 0 unspecified atom stereocenters. The van der Waals surface area contributed by atoms with E-state index in [2.05, 4.69) is 23.3 Å². The van der Waals surface area contributed by atoms with E-state index in [0.29, 0.717) is 0 Å². The van der Waals surface area contributed by atoms with Gasteiger partial charge >= 0.3 is 0 Å². The smallest absolute Gasteiger partial charge is 0.200 e. The Balaban J connectivity index is 2.65. The summed E-state index contributed by atoms with van der Waals surface area (Å²) < 4.78 is 0. The molecule has 1 aromatic carbocycles. The van der Waals surface area contributed by atoms with Crippen molar-refractivity contribution in [2.24, 2.45) is 16.5 Å². The van der Waals surface area contributed by atoms with Crippen molar-refractivity contribution in [2.45, 2.75) is 18.2 Å². The molecule has 0 aliphatic rings. The first-order valence-corrected chi connectivity index (χ1v) is 6.64. The van der Waals surface area contributed by atoms with Gasteiger partial charge in [0.1, 0.15) is 0 Å². The van der Waals surface area contributed by atoms with Crippen LogP contribution in [0.1, 0.15) is 13.3 Å². The van der Waals surface area contributed by atoms with Gasteiger partial charge in [0.05, 0.1) is 0 Å². The highest BCUT2D eigenvalue weighted by molar-refractivity contribution is 7.99. The molecule has 17 heavy (non-hydrogen) atoms. The second kappa shape index (κ2) is 7.13. The van der Waals surface area contributed by atoms with E-state index in [1.165, 1.54) is 4.90 Å². The maximum atomic E-state index is 5.24. The second-order valence-electron chi connectivity index (χ2n) is 3.34. The molecular formula is C11H16N4S2. The lowest BCUT2D eigenvalue weighted by atomic mass is 10.3. The normalized spacial score (nSPS) is 9.71. The number of nitrogens with one attached hydrogen (secondary N) is 1. The lowest BCUT2D eigenvalue weighted by molar-refractivity contribution is 1.10. The molecule has 6 heteroatoms. The summed E-state index contributed by atoms with van der Waals surface area (Å²) >= 11 is 6.78. The Morgan fingerprint density at radius 2 is 2.24 bits per heavy atom. The highest BCUT2D eigenvalue weighted by atomic mass is 32.2. The van der Waals surface area contributed by atoms with Gasteiger partial charge in [-0.1, -0.05) is 13.0 Å². The number of aliphatic imine (C=N–C) groups is 1. The van der Waals surface area contributed by atoms with Crippen molar-refractivity contribution in [1.82, 2.24) is 0 Å². The molecule has 4 nitrogen and oxygen atoms in total. The number of guanidine groups is 1. The first-order chi connectivity index (χ1) is 8.11. The van der Waals surface area contributed by atoms with Gasteiger partial charge in [-0.3, -0.25) is 0 Å². The van der Waals surface area contributed by atoms with E-state index in [0.717, 1.165) is 17.9 Å². The molecule has 0 amide bonds. The molecule has 0 saturated heterocycles. The van der Waals surface area contributed by atoms with Gasteiger partial charge in [-0.05, 0) is 42.6 Å². The number of hydrogen-bond donors (Lipinski definition) is 3. The average Bonchev–Trinajstić information content (AvgIpc) is 2.25. The standard InChI is InChI=1S/C11H16N4S2/c1-2-6-17-9-5-3-4-8(7-9)14-11(16)15-10(12)13/h3-5,7H,2,6H2,1H3,(H5,12,13,14,15,16). The Morgan fingerprint density at radius 1 is 1.47 bits per heavy atom. The summed E-state index contributed by atoms with van der Waals surface area (Å²) in [4.78, 5) is 4.95. The molecule has 5 N–H and O–H groups in total. The Hall–Kier alpha value is -1.27. The fourth-order valence-electron chi connectivity index (χ4n) is 1.15. The molecule has 0 aliphatic heterocycles. The highest BCUT2D eigenvalue weighted by Gasteiger charge is 1.98. The van der Waals surface area contributed by atoms with E-state index in [9.17, 15) is 0 Å². The first-order valence-electron chi connectivity index (χ1n) is 5.25. The largest absolute Gasteiger partial charge is 0.370 e. The molecule has 0 aromatic heterocycles. The Labute approximate surface area is 111 Å². The predicted molar refractivity (Wildman–Crippen MR) is 79.5 cm³/mol. The van der Waals surface area contributed by atoms with Crippen LogP contribution in [-0.2, 0) is 0 Å². The monoisotopic (exact) mass is 268 g/mol. The Kier molecular flexibility index (Phi) is 5.79. The SMILES string of the molecule is CCCSc1cccc(NC(=S)N=C(N)N)c1. The average molecular weight is 268 g/mol. The van der Waals surface area contributed by atoms with Crippen molar-refractivity contribution in [1.29, 1.82) is 0 Å². The van der Waals surface area contributed by atoms with E-state index in [1.807, 2.05) is 30.0 Å². The van der Waals surface area contributed by atoms with E-state index in [1.54, 1.807) is 0 Å². The maximum absolute atomic E-state index is 5.24.